The first-order chi connectivity index (χ1) is 9.13. The number of carboxylic acid groups (broad SMARTS) is 1. The van der Waals surface area contributed by atoms with Crippen molar-refractivity contribution in [2.45, 2.75) is 31.6 Å². The predicted octanol–water partition coefficient (Wildman–Crippen LogP) is 3.06. The van der Waals surface area contributed by atoms with E-state index in [9.17, 15) is 4.79 Å². The maximum absolute atomic E-state index is 10.8. The molecule has 1 aromatic rings. The number of rotatable bonds is 5. The monoisotopic (exact) mass is 264 g/mol. The highest BCUT2D eigenvalue weighted by molar-refractivity contribution is 5.67. The highest BCUT2D eigenvalue weighted by Gasteiger charge is 2.29. The summed E-state index contributed by atoms with van der Waals surface area (Å²) in [6.07, 6.45) is 3.16. The van der Waals surface area contributed by atoms with E-state index < -0.39 is 5.97 Å². The normalized spacial score (nSPS) is 22.2. The fourth-order valence-corrected chi connectivity index (χ4v) is 2.95. The van der Waals surface area contributed by atoms with Crippen LogP contribution in [0.1, 0.15) is 37.2 Å². The Bertz CT molecular complexity index is 455. The van der Waals surface area contributed by atoms with Crippen LogP contribution in [0.15, 0.2) is 18.2 Å². The van der Waals surface area contributed by atoms with Crippen molar-refractivity contribution in [3.63, 3.8) is 0 Å². The van der Waals surface area contributed by atoms with Crippen LogP contribution in [0.4, 0.5) is 0 Å². The van der Waals surface area contributed by atoms with Crippen LogP contribution < -0.4 is 9.47 Å². The van der Waals surface area contributed by atoms with E-state index in [0.717, 1.165) is 36.3 Å². The second kappa shape index (κ2) is 5.95. The van der Waals surface area contributed by atoms with Gasteiger partial charge in [-0.1, -0.05) is 0 Å². The van der Waals surface area contributed by atoms with E-state index in [1.54, 1.807) is 14.2 Å². The summed E-state index contributed by atoms with van der Waals surface area (Å²) in [5, 5.41) is 8.87. The number of aliphatic carboxylic acids is 1. The molecular weight excluding hydrogens is 244 g/mol. The lowest BCUT2D eigenvalue weighted by atomic mass is 9.94. The van der Waals surface area contributed by atoms with Crippen molar-refractivity contribution < 1.29 is 19.4 Å². The lowest BCUT2D eigenvalue weighted by Gasteiger charge is -2.16. The Balaban J connectivity index is 2.15. The Hall–Kier alpha value is -1.71. The Morgan fingerprint density at radius 2 is 2.11 bits per heavy atom. The molecule has 0 bridgehead atoms. The Morgan fingerprint density at radius 1 is 1.32 bits per heavy atom. The smallest absolute Gasteiger partial charge is 0.303 e. The first-order valence-electron chi connectivity index (χ1n) is 6.57. The number of benzene rings is 1. The third-order valence-corrected chi connectivity index (χ3v) is 3.88. The number of hydrogen-bond donors (Lipinski definition) is 1. The van der Waals surface area contributed by atoms with Crippen LogP contribution in [0, 0.1) is 5.92 Å². The zero-order chi connectivity index (χ0) is 13.8. The molecule has 0 amide bonds. The number of carbonyl (C=O) groups is 1. The fraction of sp³-hybridized carbons (Fsp3) is 0.533. The molecule has 0 radical (unpaired) electrons. The molecule has 1 aromatic carbocycles. The van der Waals surface area contributed by atoms with E-state index in [1.165, 1.54) is 0 Å². The summed E-state index contributed by atoms with van der Waals surface area (Å²) in [6, 6.07) is 5.80. The highest BCUT2D eigenvalue weighted by atomic mass is 16.5. The van der Waals surface area contributed by atoms with Crippen molar-refractivity contribution in [2.75, 3.05) is 14.2 Å². The molecule has 4 heteroatoms. The first-order valence-corrected chi connectivity index (χ1v) is 6.57. The molecule has 19 heavy (non-hydrogen) atoms. The summed E-state index contributed by atoms with van der Waals surface area (Å²) >= 11 is 0. The molecule has 1 aliphatic carbocycles. The van der Waals surface area contributed by atoms with Crippen LogP contribution in [-0.2, 0) is 4.79 Å². The van der Waals surface area contributed by atoms with Crippen molar-refractivity contribution in [1.82, 2.24) is 0 Å². The molecule has 0 aliphatic heterocycles. The van der Waals surface area contributed by atoms with Gasteiger partial charge < -0.3 is 14.6 Å². The topological polar surface area (TPSA) is 55.8 Å². The number of carboxylic acids is 1. The van der Waals surface area contributed by atoms with Gasteiger partial charge in [-0.05, 0) is 49.3 Å². The summed E-state index contributed by atoms with van der Waals surface area (Å²) in [5.74, 6) is 1.62. The fourth-order valence-electron chi connectivity index (χ4n) is 2.95. The van der Waals surface area contributed by atoms with E-state index >= 15 is 0 Å². The van der Waals surface area contributed by atoms with Gasteiger partial charge in [0.25, 0.3) is 0 Å². The molecule has 0 spiro atoms. The molecule has 1 saturated carbocycles. The minimum Gasteiger partial charge on any atom is -0.497 e. The molecule has 1 fully saturated rings. The van der Waals surface area contributed by atoms with E-state index in [2.05, 4.69) is 0 Å². The Kier molecular flexibility index (Phi) is 4.30. The van der Waals surface area contributed by atoms with E-state index in [-0.39, 0.29) is 12.3 Å². The molecule has 1 aliphatic rings. The van der Waals surface area contributed by atoms with Crippen LogP contribution in [0.5, 0.6) is 11.5 Å². The Labute approximate surface area is 113 Å². The molecule has 0 heterocycles. The number of methoxy groups -OCH3 is 2. The van der Waals surface area contributed by atoms with Gasteiger partial charge in [-0.25, -0.2) is 0 Å². The van der Waals surface area contributed by atoms with Crippen molar-refractivity contribution in [1.29, 1.82) is 0 Å². The lowest BCUT2D eigenvalue weighted by molar-refractivity contribution is -0.138. The average Bonchev–Trinajstić information content (AvgIpc) is 2.85. The van der Waals surface area contributed by atoms with Crippen LogP contribution in [-0.4, -0.2) is 25.3 Å². The summed E-state index contributed by atoms with van der Waals surface area (Å²) in [5.41, 5.74) is 1.13. The summed E-state index contributed by atoms with van der Waals surface area (Å²) in [7, 11) is 3.31. The number of hydrogen-bond acceptors (Lipinski definition) is 3. The summed E-state index contributed by atoms with van der Waals surface area (Å²) in [6.45, 7) is 0. The third kappa shape index (κ3) is 3.19. The van der Waals surface area contributed by atoms with Gasteiger partial charge in [-0.3, -0.25) is 4.79 Å². The molecule has 4 nitrogen and oxygen atoms in total. The average molecular weight is 264 g/mol. The molecular formula is C15H20O4. The molecule has 104 valence electrons. The van der Waals surface area contributed by atoms with Crippen molar-refractivity contribution >= 4 is 5.97 Å². The predicted molar refractivity (Wildman–Crippen MR) is 71.9 cm³/mol. The SMILES string of the molecule is COc1ccc(OC)c(C2CCC(CC(=O)O)C2)c1. The van der Waals surface area contributed by atoms with E-state index in [0.29, 0.717) is 5.92 Å². The molecule has 1 N–H and O–H groups in total. The maximum atomic E-state index is 10.8. The van der Waals surface area contributed by atoms with Gasteiger partial charge in [0.15, 0.2) is 0 Å². The second-order valence-corrected chi connectivity index (χ2v) is 5.08. The standard InChI is InChI=1S/C15H20O4/c1-18-12-5-6-14(19-2)13(9-12)11-4-3-10(7-11)8-15(16)17/h5-6,9-11H,3-4,7-8H2,1-2H3,(H,16,17). The summed E-state index contributed by atoms with van der Waals surface area (Å²) < 4.78 is 10.7. The van der Waals surface area contributed by atoms with E-state index in [1.807, 2.05) is 18.2 Å². The largest absolute Gasteiger partial charge is 0.497 e. The van der Waals surface area contributed by atoms with Gasteiger partial charge in [0.1, 0.15) is 11.5 Å². The van der Waals surface area contributed by atoms with Crippen molar-refractivity contribution in [3.05, 3.63) is 23.8 Å². The van der Waals surface area contributed by atoms with Crippen molar-refractivity contribution in [3.8, 4) is 11.5 Å². The van der Waals surface area contributed by atoms with Crippen LogP contribution >= 0.6 is 0 Å². The molecule has 0 saturated heterocycles. The van der Waals surface area contributed by atoms with Crippen LogP contribution in [0.2, 0.25) is 0 Å². The Morgan fingerprint density at radius 3 is 2.74 bits per heavy atom. The maximum Gasteiger partial charge on any atom is 0.303 e. The second-order valence-electron chi connectivity index (χ2n) is 5.08. The van der Waals surface area contributed by atoms with Gasteiger partial charge in [0.2, 0.25) is 0 Å². The minimum atomic E-state index is -0.705. The van der Waals surface area contributed by atoms with Crippen molar-refractivity contribution in [2.24, 2.45) is 5.92 Å². The van der Waals surface area contributed by atoms with Crippen LogP contribution in [0.25, 0.3) is 0 Å². The van der Waals surface area contributed by atoms with Crippen LogP contribution in [0.3, 0.4) is 0 Å². The molecule has 2 unspecified atom stereocenters. The van der Waals surface area contributed by atoms with Gasteiger partial charge in [0.05, 0.1) is 14.2 Å². The highest BCUT2D eigenvalue weighted by Crippen LogP contribution is 2.43. The zero-order valence-corrected chi connectivity index (χ0v) is 11.4. The first kappa shape index (κ1) is 13.7. The van der Waals surface area contributed by atoms with E-state index in [4.69, 9.17) is 14.6 Å². The zero-order valence-electron chi connectivity index (χ0n) is 11.4. The summed E-state index contributed by atoms with van der Waals surface area (Å²) in [4.78, 5) is 10.8. The van der Waals surface area contributed by atoms with Gasteiger partial charge in [-0.15, -0.1) is 0 Å². The quantitative estimate of drug-likeness (QED) is 0.888. The van der Waals surface area contributed by atoms with Gasteiger partial charge in [-0.2, -0.15) is 0 Å². The molecule has 2 rings (SSSR count). The number of ether oxygens (including phenoxy) is 2. The minimum absolute atomic E-state index is 0.267. The van der Waals surface area contributed by atoms with Gasteiger partial charge in [0, 0.05) is 12.0 Å². The van der Waals surface area contributed by atoms with Gasteiger partial charge >= 0.3 is 5.97 Å². The third-order valence-electron chi connectivity index (χ3n) is 3.88. The lowest BCUT2D eigenvalue weighted by Crippen LogP contribution is -2.04. The molecule has 0 aromatic heterocycles. The molecule has 2 atom stereocenters.